The quantitative estimate of drug-likeness (QED) is 0.622. The van der Waals surface area contributed by atoms with Crippen molar-refractivity contribution < 1.29 is 9.47 Å². The molecule has 0 fully saturated rings. The van der Waals surface area contributed by atoms with E-state index in [-0.39, 0.29) is 6.04 Å². The minimum atomic E-state index is -0.0280. The maximum absolute atomic E-state index is 6.35. The van der Waals surface area contributed by atoms with Crippen molar-refractivity contribution >= 4 is 0 Å². The summed E-state index contributed by atoms with van der Waals surface area (Å²) in [6, 6.07) is 18.4. The van der Waals surface area contributed by atoms with Crippen LogP contribution in [-0.4, -0.2) is 13.9 Å². The number of benzene rings is 2. The van der Waals surface area contributed by atoms with Crippen LogP contribution in [0.4, 0.5) is 0 Å². The van der Waals surface area contributed by atoms with Crippen molar-refractivity contribution in [1.29, 1.82) is 0 Å². The molecule has 2 rings (SSSR count). The molecule has 0 aliphatic heterocycles. The highest BCUT2D eigenvalue weighted by Crippen LogP contribution is 2.20. The number of ether oxygens (including phenoxy) is 2. The van der Waals surface area contributed by atoms with E-state index in [4.69, 9.17) is 15.2 Å². The van der Waals surface area contributed by atoms with E-state index in [9.17, 15) is 0 Å². The van der Waals surface area contributed by atoms with Crippen LogP contribution in [0.1, 0.15) is 22.7 Å². The van der Waals surface area contributed by atoms with Crippen LogP contribution in [0.2, 0.25) is 0 Å². The van der Waals surface area contributed by atoms with E-state index >= 15 is 0 Å². The smallest absolute Gasteiger partial charge is 0.146 e. The molecule has 3 nitrogen and oxygen atoms in total. The summed E-state index contributed by atoms with van der Waals surface area (Å²) in [5.74, 6) is 0. The summed E-state index contributed by atoms with van der Waals surface area (Å²) in [6.07, 6.45) is 0.822. The molecule has 0 heterocycles. The fourth-order valence-electron chi connectivity index (χ4n) is 2.24. The summed E-state index contributed by atoms with van der Waals surface area (Å²) < 4.78 is 10.3. The Labute approximate surface area is 120 Å². The van der Waals surface area contributed by atoms with Gasteiger partial charge in [0, 0.05) is 13.2 Å². The predicted molar refractivity (Wildman–Crippen MR) is 80.2 cm³/mol. The van der Waals surface area contributed by atoms with Crippen LogP contribution in [-0.2, 0) is 22.5 Å². The Morgan fingerprint density at radius 3 is 2.45 bits per heavy atom. The van der Waals surface area contributed by atoms with Crippen LogP contribution in [0.5, 0.6) is 0 Å². The van der Waals surface area contributed by atoms with Crippen molar-refractivity contribution in [2.24, 2.45) is 5.73 Å². The average molecular weight is 271 g/mol. The first kappa shape index (κ1) is 14.7. The molecule has 2 N–H and O–H groups in total. The van der Waals surface area contributed by atoms with Gasteiger partial charge in [-0.15, -0.1) is 0 Å². The molecule has 0 saturated carbocycles. The van der Waals surface area contributed by atoms with Gasteiger partial charge in [0.1, 0.15) is 6.79 Å². The highest BCUT2D eigenvalue weighted by molar-refractivity contribution is 5.31. The fraction of sp³-hybridized carbons (Fsp3) is 0.294. The summed E-state index contributed by atoms with van der Waals surface area (Å²) >= 11 is 0. The lowest BCUT2D eigenvalue weighted by molar-refractivity contribution is -0.0393. The van der Waals surface area contributed by atoms with Gasteiger partial charge in [0.15, 0.2) is 0 Å². The van der Waals surface area contributed by atoms with Crippen molar-refractivity contribution in [3.8, 4) is 0 Å². The van der Waals surface area contributed by atoms with Crippen LogP contribution in [0, 0.1) is 0 Å². The zero-order chi connectivity index (χ0) is 14.2. The largest absolute Gasteiger partial charge is 0.359 e. The lowest BCUT2D eigenvalue weighted by atomic mass is 9.96. The van der Waals surface area contributed by atoms with E-state index in [1.807, 2.05) is 30.3 Å². The zero-order valence-electron chi connectivity index (χ0n) is 11.8. The summed E-state index contributed by atoms with van der Waals surface area (Å²) in [4.78, 5) is 0. The SMILES string of the molecule is COCOCc1ccccc1C(N)Cc1ccccc1. The molecule has 0 saturated heterocycles. The third kappa shape index (κ3) is 4.17. The van der Waals surface area contributed by atoms with Crippen LogP contribution in [0.15, 0.2) is 54.6 Å². The second-order valence-electron chi connectivity index (χ2n) is 4.75. The van der Waals surface area contributed by atoms with E-state index in [1.165, 1.54) is 5.56 Å². The van der Waals surface area contributed by atoms with E-state index in [1.54, 1.807) is 7.11 Å². The van der Waals surface area contributed by atoms with E-state index < -0.39 is 0 Å². The minimum absolute atomic E-state index is 0.0280. The normalized spacial score (nSPS) is 12.3. The Bertz CT molecular complexity index is 513. The number of nitrogens with two attached hydrogens (primary N) is 1. The summed E-state index contributed by atoms with van der Waals surface area (Å²) in [7, 11) is 1.62. The fourth-order valence-corrected chi connectivity index (χ4v) is 2.24. The van der Waals surface area contributed by atoms with Gasteiger partial charge in [0.2, 0.25) is 0 Å². The van der Waals surface area contributed by atoms with Gasteiger partial charge < -0.3 is 15.2 Å². The van der Waals surface area contributed by atoms with Gasteiger partial charge in [-0.25, -0.2) is 0 Å². The summed E-state index contributed by atoms with van der Waals surface area (Å²) in [6.45, 7) is 0.814. The topological polar surface area (TPSA) is 44.5 Å². The van der Waals surface area contributed by atoms with Gasteiger partial charge >= 0.3 is 0 Å². The third-order valence-electron chi connectivity index (χ3n) is 3.21. The van der Waals surface area contributed by atoms with Gasteiger partial charge in [0.25, 0.3) is 0 Å². The van der Waals surface area contributed by atoms with Crippen molar-refractivity contribution in [3.63, 3.8) is 0 Å². The average Bonchev–Trinajstić information content (AvgIpc) is 2.49. The van der Waals surface area contributed by atoms with Gasteiger partial charge in [0.05, 0.1) is 6.61 Å². The summed E-state index contributed by atoms with van der Waals surface area (Å²) in [5.41, 5.74) is 9.84. The van der Waals surface area contributed by atoms with E-state index in [0.29, 0.717) is 13.4 Å². The van der Waals surface area contributed by atoms with Crippen molar-refractivity contribution in [2.45, 2.75) is 19.1 Å². The zero-order valence-corrected chi connectivity index (χ0v) is 11.8. The standard InChI is InChI=1S/C17H21NO2/c1-19-13-20-12-15-9-5-6-10-16(15)17(18)11-14-7-3-2-4-8-14/h2-10,17H,11-13,18H2,1H3. The molecule has 2 aromatic carbocycles. The van der Waals surface area contributed by atoms with Gasteiger partial charge in [-0.3, -0.25) is 0 Å². The molecule has 0 aliphatic carbocycles. The molecule has 106 valence electrons. The molecule has 2 aromatic rings. The molecule has 0 aromatic heterocycles. The molecule has 0 amide bonds. The molecule has 0 bridgehead atoms. The number of rotatable bonds is 7. The van der Waals surface area contributed by atoms with Crippen LogP contribution < -0.4 is 5.73 Å². The molecule has 0 aliphatic rings. The number of methoxy groups -OCH3 is 1. The lowest BCUT2D eigenvalue weighted by Crippen LogP contribution is -2.16. The number of hydrogen-bond acceptors (Lipinski definition) is 3. The van der Waals surface area contributed by atoms with Crippen molar-refractivity contribution in [3.05, 3.63) is 71.3 Å². The second kappa shape index (κ2) is 7.80. The summed E-state index contributed by atoms with van der Waals surface area (Å²) in [5, 5.41) is 0. The Balaban J connectivity index is 2.07. The van der Waals surface area contributed by atoms with E-state index in [2.05, 4.69) is 24.3 Å². The first-order valence-corrected chi connectivity index (χ1v) is 6.75. The van der Waals surface area contributed by atoms with Crippen LogP contribution in [0.25, 0.3) is 0 Å². The number of hydrogen-bond donors (Lipinski definition) is 1. The predicted octanol–water partition coefficient (Wildman–Crippen LogP) is 3.05. The molecule has 20 heavy (non-hydrogen) atoms. The van der Waals surface area contributed by atoms with Crippen LogP contribution in [0.3, 0.4) is 0 Å². The Morgan fingerprint density at radius 2 is 1.70 bits per heavy atom. The van der Waals surface area contributed by atoms with Crippen molar-refractivity contribution in [1.82, 2.24) is 0 Å². The molecule has 1 unspecified atom stereocenters. The Kier molecular flexibility index (Phi) is 5.74. The lowest BCUT2D eigenvalue weighted by Gasteiger charge is -2.16. The maximum atomic E-state index is 6.35. The molecule has 1 atom stereocenters. The minimum Gasteiger partial charge on any atom is -0.359 e. The van der Waals surface area contributed by atoms with Gasteiger partial charge in [-0.05, 0) is 23.1 Å². The molecule has 3 heteroatoms. The Hall–Kier alpha value is -1.68. The molecular weight excluding hydrogens is 250 g/mol. The Morgan fingerprint density at radius 1 is 1.00 bits per heavy atom. The third-order valence-corrected chi connectivity index (χ3v) is 3.21. The van der Waals surface area contributed by atoms with Crippen molar-refractivity contribution in [2.75, 3.05) is 13.9 Å². The highest BCUT2D eigenvalue weighted by Gasteiger charge is 2.11. The first-order valence-electron chi connectivity index (χ1n) is 6.75. The molecule has 0 spiro atoms. The van der Waals surface area contributed by atoms with Crippen LogP contribution >= 0.6 is 0 Å². The van der Waals surface area contributed by atoms with E-state index in [0.717, 1.165) is 17.5 Å². The molecular formula is C17H21NO2. The van der Waals surface area contributed by atoms with Gasteiger partial charge in [-0.2, -0.15) is 0 Å². The molecule has 0 radical (unpaired) electrons. The first-order chi connectivity index (χ1) is 9.81. The monoisotopic (exact) mass is 271 g/mol. The maximum Gasteiger partial charge on any atom is 0.146 e. The highest BCUT2D eigenvalue weighted by atomic mass is 16.7. The van der Waals surface area contributed by atoms with Gasteiger partial charge in [-0.1, -0.05) is 54.6 Å². The second-order valence-corrected chi connectivity index (χ2v) is 4.75.